The molecule has 0 aromatic rings. The van der Waals surface area contributed by atoms with E-state index in [4.69, 9.17) is 4.74 Å². The van der Waals surface area contributed by atoms with Crippen LogP contribution < -0.4 is 5.32 Å². The third kappa shape index (κ3) is 4.49. The molecule has 1 rings (SSSR count). The first kappa shape index (κ1) is 13.5. The van der Waals surface area contributed by atoms with Crippen LogP contribution in [0.2, 0.25) is 0 Å². The van der Waals surface area contributed by atoms with Gasteiger partial charge in [-0.1, -0.05) is 19.8 Å². The number of aliphatic hydroxyl groups is 1. The molecule has 0 aromatic heterocycles. The first-order valence-electron chi connectivity index (χ1n) is 6.14. The quantitative estimate of drug-likeness (QED) is 0.693. The van der Waals surface area contributed by atoms with Gasteiger partial charge in [0, 0.05) is 6.54 Å². The molecule has 0 saturated heterocycles. The predicted octanol–water partition coefficient (Wildman–Crippen LogP) is 1.08. The lowest BCUT2D eigenvalue weighted by Crippen LogP contribution is -2.45. The minimum absolute atomic E-state index is 0.185. The molecule has 0 aliphatic heterocycles. The maximum atomic E-state index is 11.1. The molecule has 2 N–H and O–H groups in total. The van der Waals surface area contributed by atoms with E-state index in [1.54, 1.807) is 6.92 Å². The second-order valence-electron chi connectivity index (χ2n) is 4.83. The second-order valence-corrected chi connectivity index (χ2v) is 4.83. The lowest BCUT2D eigenvalue weighted by atomic mass is 9.79. The van der Waals surface area contributed by atoms with Crippen LogP contribution in [0.1, 0.15) is 39.5 Å². The van der Waals surface area contributed by atoms with Gasteiger partial charge in [0.25, 0.3) is 0 Å². The fourth-order valence-corrected chi connectivity index (χ4v) is 2.40. The molecule has 0 amide bonds. The maximum absolute atomic E-state index is 11.1. The number of hydrogen-bond acceptors (Lipinski definition) is 4. The monoisotopic (exact) mass is 229 g/mol. The highest BCUT2D eigenvalue weighted by atomic mass is 16.5. The summed E-state index contributed by atoms with van der Waals surface area (Å²) in [6, 6.07) is 0. The molecule has 0 bridgehead atoms. The first-order chi connectivity index (χ1) is 7.56. The molecule has 94 valence electrons. The van der Waals surface area contributed by atoms with Crippen LogP contribution >= 0.6 is 0 Å². The Hall–Kier alpha value is -0.610. The molecule has 4 nitrogen and oxygen atoms in total. The van der Waals surface area contributed by atoms with Gasteiger partial charge in [-0.15, -0.1) is 0 Å². The van der Waals surface area contributed by atoms with E-state index in [-0.39, 0.29) is 12.5 Å². The normalized spacial score (nSPS) is 30.1. The average Bonchev–Trinajstić information content (AvgIpc) is 2.17. The fourth-order valence-electron chi connectivity index (χ4n) is 2.40. The van der Waals surface area contributed by atoms with Crippen molar-refractivity contribution in [3.8, 4) is 0 Å². The van der Waals surface area contributed by atoms with E-state index >= 15 is 0 Å². The van der Waals surface area contributed by atoms with Crippen LogP contribution in [0, 0.1) is 5.92 Å². The molecule has 0 aromatic carbocycles. The number of ether oxygens (including phenoxy) is 1. The van der Waals surface area contributed by atoms with E-state index in [0.717, 1.165) is 19.3 Å². The highest BCUT2D eigenvalue weighted by Gasteiger charge is 2.32. The van der Waals surface area contributed by atoms with E-state index in [2.05, 4.69) is 12.2 Å². The van der Waals surface area contributed by atoms with Crippen LogP contribution in [0.3, 0.4) is 0 Å². The van der Waals surface area contributed by atoms with Crippen LogP contribution in [0.4, 0.5) is 0 Å². The number of hydrogen-bond donors (Lipinski definition) is 2. The fraction of sp³-hybridized carbons (Fsp3) is 0.917. The lowest BCUT2D eigenvalue weighted by molar-refractivity contribution is -0.142. The van der Waals surface area contributed by atoms with Crippen molar-refractivity contribution in [2.45, 2.75) is 45.1 Å². The summed E-state index contributed by atoms with van der Waals surface area (Å²) in [6.45, 7) is 5.02. The zero-order valence-electron chi connectivity index (χ0n) is 10.3. The highest BCUT2D eigenvalue weighted by molar-refractivity contribution is 5.71. The van der Waals surface area contributed by atoms with Gasteiger partial charge in [0.1, 0.15) is 0 Å². The molecular weight excluding hydrogens is 206 g/mol. The maximum Gasteiger partial charge on any atom is 0.319 e. The molecule has 16 heavy (non-hydrogen) atoms. The number of rotatable bonds is 5. The summed E-state index contributed by atoms with van der Waals surface area (Å²) >= 11 is 0. The Kier molecular flexibility index (Phi) is 5.22. The van der Waals surface area contributed by atoms with Gasteiger partial charge >= 0.3 is 5.97 Å². The van der Waals surface area contributed by atoms with Crippen molar-refractivity contribution >= 4 is 5.97 Å². The third-order valence-electron chi connectivity index (χ3n) is 3.10. The van der Waals surface area contributed by atoms with Crippen molar-refractivity contribution in [3.63, 3.8) is 0 Å². The molecule has 1 saturated carbocycles. The van der Waals surface area contributed by atoms with Crippen molar-refractivity contribution < 1.29 is 14.6 Å². The van der Waals surface area contributed by atoms with Crippen LogP contribution in [-0.4, -0.2) is 36.4 Å². The van der Waals surface area contributed by atoms with Crippen LogP contribution in [0.5, 0.6) is 0 Å². The minimum Gasteiger partial charge on any atom is -0.465 e. The van der Waals surface area contributed by atoms with Crippen LogP contribution in [-0.2, 0) is 9.53 Å². The van der Waals surface area contributed by atoms with E-state index in [9.17, 15) is 9.90 Å². The zero-order chi connectivity index (χ0) is 12.0. The van der Waals surface area contributed by atoms with Gasteiger partial charge in [0.15, 0.2) is 0 Å². The van der Waals surface area contributed by atoms with Gasteiger partial charge in [0.2, 0.25) is 0 Å². The zero-order valence-corrected chi connectivity index (χ0v) is 10.3. The molecule has 2 unspecified atom stereocenters. The standard InChI is InChI=1S/C12H23NO3/c1-3-16-11(14)8-13-9-12(15)6-4-5-10(2)7-12/h10,13,15H,3-9H2,1-2H3. The molecule has 0 radical (unpaired) electrons. The van der Waals surface area contributed by atoms with Crippen LogP contribution in [0.15, 0.2) is 0 Å². The highest BCUT2D eigenvalue weighted by Crippen LogP contribution is 2.31. The molecule has 4 heteroatoms. The Labute approximate surface area is 97.4 Å². The summed E-state index contributed by atoms with van der Waals surface area (Å²) in [5.74, 6) is 0.318. The van der Waals surface area contributed by atoms with Gasteiger partial charge in [0.05, 0.1) is 18.8 Å². The Morgan fingerprint density at radius 1 is 1.62 bits per heavy atom. The van der Waals surface area contributed by atoms with E-state index in [1.165, 1.54) is 6.42 Å². The largest absolute Gasteiger partial charge is 0.465 e. The molecule has 1 aliphatic rings. The SMILES string of the molecule is CCOC(=O)CNCC1(O)CCCC(C)C1. The van der Waals surface area contributed by atoms with Crippen molar-refractivity contribution in [1.82, 2.24) is 5.32 Å². The first-order valence-corrected chi connectivity index (χ1v) is 6.14. The smallest absolute Gasteiger partial charge is 0.319 e. The van der Waals surface area contributed by atoms with Crippen molar-refractivity contribution in [3.05, 3.63) is 0 Å². The van der Waals surface area contributed by atoms with E-state index in [1.807, 2.05) is 0 Å². The summed E-state index contributed by atoms with van der Waals surface area (Å²) in [6.07, 6.45) is 3.91. The molecule has 1 fully saturated rings. The van der Waals surface area contributed by atoms with Crippen molar-refractivity contribution in [1.29, 1.82) is 0 Å². The van der Waals surface area contributed by atoms with E-state index < -0.39 is 5.60 Å². The number of nitrogens with one attached hydrogen (secondary N) is 1. The Bertz CT molecular complexity index is 232. The van der Waals surface area contributed by atoms with Gasteiger partial charge in [-0.25, -0.2) is 0 Å². The van der Waals surface area contributed by atoms with E-state index in [0.29, 0.717) is 19.1 Å². The lowest BCUT2D eigenvalue weighted by Gasteiger charge is -2.35. The molecule has 0 spiro atoms. The Morgan fingerprint density at radius 2 is 2.38 bits per heavy atom. The number of carbonyl (C=O) groups is 1. The molecule has 1 aliphatic carbocycles. The van der Waals surface area contributed by atoms with Gasteiger partial charge in [-0.3, -0.25) is 4.79 Å². The summed E-state index contributed by atoms with van der Waals surface area (Å²) in [5.41, 5.74) is -0.635. The summed E-state index contributed by atoms with van der Waals surface area (Å²) in [7, 11) is 0. The summed E-state index contributed by atoms with van der Waals surface area (Å²) in [5, 5.41) is 13.2. The molecular formula is C12H23NO3. The topological polar surface area (TPSA) is 58.6 Å². The third-order valence-corrected chi connectivity index (χ3v) is 3.10. The van der Waals surface area contributed by atoms with Crippen LogP contribution in [0.25, 0.3) is 0 Å². The van der Waals surface area contributed by atoms with Gasteiger partial charge in [-0.2, -0.15) is 0 Å². The van der Waals surface area contributed by atoms with Crippen molar-refractivity contribution in [2.75, 3.05) is 19.7 Å². The molecule has 0 heterocycles. The van der Waals surface area contributed by atoms with Gasteiger partial charge < -0.3 is 15.2 Å². The van der Waals surface area contributed by atoms with Crippen molar-refractivity contribution in [2.24, 2.45) is 5.92 Å². The molecule has 2 atom stereocenters. The number of esters is 1. The second kappa shape index (κ2) is 6.21. The Balaban J connectivity index is 2.22. The summed E-state index contributed by atoms with van der Waals surface area (Å²) < 4.78 is 4.80. The predicted molar refractivity (Wildman–Crippen MR) is 62.1 cm³/mol. The number of carbonyl (C=O) groups excluding carboxylic acids is 1. The summed E-state index contributed by atoms with van der Waals surface area (Å²) in [4.78, 5) is 11.1. The minimum atomic E-state index is -0.635. The average molecular weight is 229 g/mol. The van der Waals surface area contributed by atoms with Gasteiger partial charge in [-0.05, 0) is 25.7 Å². The Morgan fingerprint density at radius 3 is 3.00 bits per heavy atom.